The number of carbonyl (C=O) groups is 1. The van der Waals surface area contributed by atoms with Crippen LogP contribution in [0.2, 0.25) is 0 Å². The molecule has 3 aromatic rings. The average Bonchev–Trinajstić information content (AvgIpc) is 2.89. The number of hydrogen-bond acceptors (Lipinski definition) is 5. The van der Waals surface area contributed by atoms with E-state index in [0.29, 0.717) is 25.7 Å². The summed E-state index contributed by atoms with van der Waals surface area (Å²) in [7, 11) is 0.143. The number of benzene rings is 2. The van der Waals surface area contributed by atoms with Gasteiger partial charge in [-0.05, 0) is 80.1 Å². The number of amides is 1. The molecule has 7 nitrogen and oxygen atoms in total. The van der Waals surface area contributed by atoms with Gasteiger partial charge in [0.25, 0.3) is 0 Å². The highest BCUT2D eigenvalue weighted by Gasteiger charge is 2.30. The third kappa shape index (κ3) is 6.53. The number of carbonyl (C=O) groups excluding carboxylic acids is 1. The molecular weight excluding hydrogens is 491 g/mol. The largest absolute Gasteiger partial charge is 0.362 e. The van der Waals surface area contributed by atoms with Gasteiger partial charge < -0.3 is 10.2 Å². The van der Waals surface area contributed by atoms with Gasteiger partial charge in [0.05, 0.1) is 10.9 Å². The lowest BCUT2D eigenvalue weighted by Gasteiger charge is -2.29. The zero-order chi connectivity index (χ0) is 26.6. The van der Waals surface area contributed by atoms with E-state index >= 15 is 0 Å². The van der Waals surface area contributed by atoms with Crippen LogP contribution in [-0.2, 0) is 14.8 Å². The Bertz CT molecular complexity index is 1320. The van der Waals surface area contributed by atoms with Crippen molar-refractivity contribution < 1.29 is 17.6 Å². The Hall–Kier alpha value is -3.30. The third-order valence-electron chi connectivity index (χ3n) is 6.83. The topological polar surface area (TPSA) is 91.4 Å². The van der Waals surface area contributed by atoms with Crippen molar-refractivity contribution in [3.63, 3.8) is 0 Å². The first-order valence-electron chi connectivity index (χ1n) is 12.4. The maximum absolute atomic E-state index is 13.2. The molecule has 9 heteroatoms. The van der Waals surface area contributed by atoms with E-state index in [2.05, 4.69) is 15.0 Å². The third-order valence-corrected chi connectivity index (χ3v) is 8.37. The first-order chi connectivity index (χ1) is 17.6. The van der Waals surface area contributed by atoms with E-state index in [4.69, 9.17) is 0 Å². The van der Waals surface area contributed by atoms with Crippen LogP contribution in [0.5, 0.6) is 0 Å². The van der Waals surface area contributed by atoms with Crippen LogP contribution in [-0.4, -0.2) is 39.4 Å². The van der Waals surface area contributed by atoms with Crippen molar-refractivity contribution in [3.8, 4) is 11.1 Å². The minimum Gasteiger partial charge on any atom is -0.362 e. The number of rotatable bonds is 8. The SMILES string of the molecule is C[C@@H](NC(=O)[C@H]1CC[C@H](NS(=O)(=O)c2ccc(-c3cccnc3N(C)C)cc2)CC1)c1ccc(F)cc1. The Labute approximate surface area is 218 Å². The average molecular weight is 525 g/mol. The Balaban J connectivity index is 1.33. The van der Waals surface area contributed by atoms with Gasteiger partial charge in [0.15, 0.2) is 0 Å². The van der Waals surface area contributed by atoms with Crippen molar-refractivity contribution >= 4 is 21.7 Å². The molecule has 2 aromatic carbocycles. The number of nitrogens with one attached hydrogen (secondary N) is 2. The number of halogens is 1. The second-order valence-electron chi connectivity index (χ2n) is 9.75. The number of nitrogens with zero attached hydrogens (tertiary/aromatic N) is 2. The van der Waals surface area contributed by atoms with Crippen LogP contribution in [0.4, 0.5) is 10.2 Å². The summed E-state index contributed by atoms with van der Waals surface area (Å²) in [6.45, 7) is 1.87. The van der Waals surface area contributed by atoms with Crippen molar-refractivity contribution in [1.82, 2.24) is 15.0 Å². The predicted molar refractivity (Wildman–Crippen MR) is 143 cm³/mol. The van der Waals surface area contributed by atoms with Crippen LogP contribution in [0.25, 0.3) is 11.1 Å². The Kier molecular flexibility index (Phi) is 8.24. The lowest BCUT2D eigenvalue weighted by molar-refractivity contribution is -0.126. The molecular formula is C28H33FN4O3S. The fraction of sp³-hybridized carbons (Fsp3) is 0.357. The van der Waals surface area contributed by atoms with Crippen molar-refractivity contribution in [3.05, 3.63) is 78.2 Å². The van der Waals surface area contributed by atoms with Crippen LogP contribution in [0, 0.1) is 11.7 Å². The Morgan fingerprint density at radius 2 is 1.65 bits per heavy atom. The zero-order valence-electron chi connectivity index (χ0n) is 21.3. The second-order valence-corrected chi connectivity index (χ2v) is 11.5. The summed E-state index contributed by atoms with van der Waals surface area (Å²) in [5, 5.41) is 3.00. The van der Waals surface area contributed by atoms with Crippen LogP contribution >= 0.6 is 0 Å². The lowest BCUT2D eigenvalue weighted by atomic mass is 9.85. The van der Waals surface area contributed by atoms with Gasteiger partial charge >= 0.3 is 0 Å². The van der Waals surface area contributed by atoms with E-state index in [9.17, 15) is 17.6 Å². The molecule has 1 saturated carbocycles. The summed E-state index contributed by atoms with van der Waals surface area (Å²) in [5.74, 6) is 0.268. The zero-order valence-corrected chi connectivity index (χ0v) is 22.1. The maximum Gasteiger partial charge on any atom is 0.240 e. The lowest BCUT2D eigenvalue weighted by Crippen LogP contribution is -2.41. The second kappa shape index (κ2) is 11.4. The van der Waals surface area contributed by atoms with E-state index in [1.54, 1.807) is 42.6 Å². The highest BCUT2D eigenvalue weighted by molar-refractivity contribution is 7.89. The van der Waals surface area contributed by atoms with Gasteiger partial charge in [-0.2, -0.15) is 0 Å². The molecule has 0 saturated heterocycles. The van der Waals surface area contributed by atoms with Crippen molar-refractivity contribution in [2.45, 2.75) is 49.6 Å². The van der Waals surface area contributed by atoms with E-state index in [1.165, 1.54) is 12.1 Å². The van der Waals surface area contributed by atoms with Crippen molar-refractivity contribution in [2.24, 2.45) is 5.92 Å². The van der Waals surface area contributed by atoms with Crippen LogP contribution in [0.3, 0.4) is 0 Å². The molecule has 0 bridgehead atoms. The molecule has 1 aliphatic carbocycles. The Morgan fingerprint density at radius 3 is 2.27 bits per heavy atom. The summed E-state index contributed by atoms with van der Waals surface area (Å²) in [4.78, 5) is 19.3. The van der Waals surface area contributed by atoms with Gasteiger partial charge in [0.1, 0.15) is 11.6 Å². The smallest absolute Gasteiger partial charge is 0.240 e. The minimum absolute atomic E-state index is 0.0544. The molecule has 1 atom stereocenters. The summed E-state index contributed by atoms with van der Waals surface area (Å²) in [6, 6.07) is 16.3. The summed E-state index contributed by atoms with van der Waals surface area (Å²) >= 11 is 0. The van der Waals surface area contributed by atoms with Gasteiger partial charge in [-0.1, -0.05) is 24.3 Å². The molecule has 0 spiro atoms. The molecule has 196 valence electrons. The highest BCUT2D eigenvalue weighted by Crippen LogP contribution is 2.30. The van der Waals surface area contributed by atoms with Crippen LogP contribution < -0.4 is 14.9 Å². The molecule has 4 rings (SSSR count). The Morgan fingerprint density at radius 1 is 1.00 bits per heavy atom. The van der Waals surface area contributed by atoms with Gasteiger partial charge in [-0.15, -0.1) is 0 Å². The van der Waals surface area contributed by atoms with Crippen molar-refractivity contribution in [1.29, 1.82) is 0 Å². The highest BCUT2D eigenvalue weighted by atomic mass is 32.2. The predicted octanol–water partition coefficient (Wildman–Crippen LogP) is 4.67. The molecule has 2 N–H and O–H groups in total. The van der Waals surface area contributed by atoms with E-state index in [-0.39, 0.29) is 34.6 Å². The number of aromatic nitrogens is 1. The molecule has 0 radical (unpaired) electrons. The standard InChI is InChI=1S/C28H33FN4O3S/c1-19(20-6-12-23(29)13-7-20)31-28(34)22-8-14-24(15-9-22)32-37(35,36)25-16-10-21(11-17-25)26-5-4-18-30-27(26)33(2)3/h4-7,10-13,16-19,22,24,32H,8-9,14-15H2,1-3H3,(H,31,34)/t19-,22-,24-/m1/s1. The van der Waals surface area contributed by atoms with Gasteiger partial charge in [0, 0.05) is 37.8 Å². The molecule has 0 aliphatic heterocycles. The number of hydrogen-bond donors (Lipinski definition) is 2. The maximum atomic E-state index is 13.2. The molecule has 0 unspecified atom stereocenters. The van der Waals surface area contributed by atoms with Crippen molar-refractivity contribution in [2.75, 3.05) is 19.0 Å². The summed E-state index contributed by atoms with van der Waals surface area (Å²) in [6.07, 6.45) is 4.10. The molecule has 1 fully saturated rings. The van der Waals surface area contributed by atoms with Gasteiger partial charge in [-0.3, -0.25) is 4.79 Å². The molecule has 1 amide bonds. The summed E-state index contributed by atoms with van der Waals surface area (Å²) in [5.41, 5.74) is 2.65. The normalized spacial score (nSPS) is 18.7. The molecule has 1 heterocycles. The van der Waals surface area contributed by atoms with Gasteiger partial charge in [0.2, 0.25) is 15.9 Å². The first-order valence-corrected chi connectivity index (χ1v) is 13.9. The molecule has 37 heavy (non-hydrogen) atoms. The first kappa shape index (κ1) is 26.8. The number of sulfonamides is 1. The molecule has 1 aromatic heterocycles. The number of pyridine rings is 1. The number of anilines is 1. The fourth-order valence-electron chi connectivity index (χ4n) is 4.72. The van der Waals surface area contributed by atoms with E-state index in [0.717, 1.165) is 22.5 Å². The van der Waals surface area contributed by atoms with Crippen LogP contribution in [0.15, 0.2) is 71.8 Å². The summed E-state index contributed by atoms with van der Waals surface area (Å²) < 4.78 is 42.0. The monoisotopic (exact) mass is 524 g/mol. The van der Waals surface area contributed by atoms with Crippen LogP contribution in [0.1, 0.15) is 44.2 Å². The fourth-order valence-corrected chi connectivity index (χ4v) is 6.02. The van der Waals surface area contributed by atoms with E-state index in [1.807, 2.05) is 38.1 Å². The minimum atomic E-state index is -3.69. The van der Waals surface area contributed by atoms with Gasteiger partial charge in [-0.25, -0.2) is 22.5 Å². The quantitative estimate of drug-likeness (QED) is 0.447. The molecule has 1 aliphatic rings. The van der Waals surface area contributed by atoms with E-state index < -0.39 is 10.0 Å².